The van der Waals surface area contributed by atoms with Crippen molar-refractivity contribution in [1.82, 2.24) is 10.3 Å². The Morgan fingerprint density at radius 3 is 2.48 bits per heavy atom. The van der Waals surface area contributed by atoms with Crippen LogP contribution in [0.15, 0.2) is 36.4 Å². The van der Waals surface area contributed by atoms with Crippen molar-refractivity contribution in [3.63, 3.8) is 0 Å². The average Bonchev–Trinajstić information content (AvgIpc) is 2.91. The third kappa shape index (κ3) is 3.60. The van der Waals surface area contributed by atoms with Gasteiger partial charge >= 0.3 is 6.09 Å². The average molecular weight is 348 g/mol. The zero-order valence-electron chi connectivity index (χ0n) is 13.1. The van der Waals surface area contributed by atoms with Crippen LogP contribution >= 0.6 is 0 Å². The lowest BCUT2D eigenvalue weighted by Gasteiger charge is -2.06. The predicted octanol–water partition coefficient (Wildman–Crippen LogP) is 4.45. The Hall–Kier alpha value is -2.96. The third-order valence-corrected chi connectivity index (χ3v) is 3.94. The van der Waals surface area contributed by atoms with E-state index < -0.39 is 23.5 Å². The highest BCUT2D eigenvalue weighted by Crippen LogP contribution is 2.33. The van der Waals surface area contributed by atoms with Gasteiger partial charge < -0.3 is 15.4 Å². The highest BCUT2D eigenvalue weighted by Gasteiger charge is 2.17. The zero-order chi connectivity index (χ0) is 18.0. The lowest BCUT2D eigenvalue weighted by atomic mass is 10.0. The number of carboxylic acid groups (broad SMARTS) is 1. The molecule has 0 atom stereocenters. The summed E-state index contributed by atoms with van der Waals surface area (Å²) >= 11 is 0. The number of nitrogens with one attached hydrogen (secondary N) is 2. The second kappa shape index (κ2) is 6.88. The van der Waals surface area contributed by atoms with Gasteiger partial charge in [-0.3, -0.25) is 0 Å². The van der Waals surface area contributed by atoms with Gasteiger partial charge in [-0.1, -0.05) is 0 Å². The number of H-pyrrole nitrogens is 1. The molecule has 7 heteroatoms. The van der Waals surface area contributed by atoms with E-state index in [2.05, 4.69) is 10.3 Å². The summed E-state index contributed by atoms with van der Waals surface area (Å²) in [5.41, 5.74) is 2.03. The molecule has 25 heavy (non-hydrogen) atoms. The molecule has 3 rings (SSSR count). The van der Waals surface area contributed by atoms with Gasteiger partial charge in [0.2, 0.25) is 0 Å². The fourth-order valence-corrected chi connectivity index (χ4v) is 2.86. The molecule has 2 aromatic carbocycles. The maximum absolute atomic E-state index is 14.1. The van der Waals surface area contributed by atoms with Gasteiger partial charge in [0.05, 0.1) is 5.52 Å². The van der Waals surface area contributed by atoms with Gasteiger partial charge in [-0.05, 0) is 54.3 Å². The van der Waals surface area contributed by atoms with Crippen LogP contribution in [0.4, 0.5) is 18.0 Å². The molecule has 4 nitrogen and oxygen atoms in total. The van der Waals surface area contributed by atoms with Gasteiger partial charge in [-0.15, -0.1) is 0 Å². The summed E-state index contributed by atoms with van der Waals surface area (Å²) in [4.78, 5) is 13.5. The molecule has 0 saturated heterocycles. The summed E-state index contributed by atoms with van der Waals surface area (Å²) < 4.78 is 40.9. The molecule has 1 amide bonds. The van der Waals surface area contributed by atoms with Gasteiger partial charge in [-0.2, -0.15) is 0 Å². The molecule has 0 aliphatic heterocycles. The molecule has 0 fully saturated rings. The Balaban J connectivity index is 2.04. The van der Waals surface area contributed by atoms with Crippen LogP contribution in [0.2, 0.25) is 0 Å². The molecule has 0 spiro atoms. The van der Waals surface area contributed by atoms with Crippen molar-refractivity contribution in [2.24, 2.45) is 0 Å². The van der Waals surface area contributed by atoms with Crippen LogP contribution in [0.25, 0.3) is 22.2 Å². The van der Waals surface area contributed by atoms with E-state index in [9.17, 15) is 18.0 Å². The van der Waals surface area contributed by atoms with Gasteiger partial charge in [0.25, 0.3) is 0 Å². The molecule has 0 aliphatic rings. The van der Waals surface area contributed by atoms with Gasteiger partial charge in [-0.25, -0.2) is 18.0 Å². The summed E-state index contributed by atoms with van der Waals surface area (Å²) in [5, 5.41) is 11.3. The molecule has 1 aromatic heterocycles. The summed E-state index contributed by atoms with van der Waals surface area (Å²) in [6.07, 6.45) is -0.281. The summed E-state index contributed by atoms with van der Waals surface area (Å²) in [6.45, 7) is 0.211. The monoisotopic (exact) mass is 348 g/mol. The summed E-state index contributed by atoms with van der Waals surface area (Å²) in [5.74, 6) is -1.81. The highest BCUT2D eigenvalue weighted by molar-refractivity contribution is 5.91. The lowest BCUT2D eigenvalue weighted by Crippen LogP contribution is -2.22. The van der Waals surface area contributed by atoms with E-state index >= 15 is 0 Å². The fraction of sp³-hybridized carbons (Fsp3) is 0.167. The van der Waals surface area contributed by atoms with Crippen molar-refractivity contribution in [2.45, 2.75) is 12.8 Å². The minimum Gasteiger partial charge on any atom is -0.465 e. The topological polar surface area (TPSA) is 65.1 Å². The first-order valence-corrected chi connectivity index (χ1v) is 7.68. The standard InChI is InChI=1S/C18H15F3N2O2/c19-11-5-3-10(4-6-11)16-13(2-1-7-22-18(24)25)14-8-12(20)9-15(21)17(14)23-16/h3-6,8-9,22-23H,1-2,7H2,(H,24,25). The van der Waals surface area contributed by atoms with Crippen LogP contribution < -0.4 is 5.32 Å². The van der Waals surface area contributed by atoms with Gasteiger partial charge in [0.1, 0.15) is 17.5 Å². The number of amides is 1. The molecule has 1 heterocycles. The summed E-state index contributed by atoms with van der Waals surface area (Å²) in [7, 11) is 0. The van der Waals surface area contributed by atoms with Crippen LogP contribution in [-0.4, -0.2) is 22.7 Å². The van der Waals surface area contributed by atoms with E-state index in [0.29, 0.717) is 35.0 Å². The minimum absolute atomic E-state index is 0.168. The molecule has 3 aromatic rings. The predicted molar refractivity (Wildman–Crippen MR) is 88.0 cm³/mol. The second-order valence-corrected chi connectivity index (χ2v) is 5.63. The Morgan fingerprint density at radius 2 is 1.80 bits per heavy atom. The quantitative estimate of drug-likeness (QED) is 0.596. The van der Waals surface area contributed by atoms with Crippen LogP contribution in [0.1, 0.15) is 12.0 Å². The van der Waals surface area contributed by atoms with Crippen LogP contribution in [0.3, 0.4) is 0 Å². The number of benzene rings is 2. The molecule has 0 bridgehead atoms. The molecule has 130 valence electrons. The first-order valence-electron chi connectivity index (χ1n) is 7.68. The Morgan fingerprint density at radius 1 is 1.08 bits per heavy atom. The van der Waals surface area contributed by atoms with E-state index in [1.165, 1.54) is 18.2 Å². The number of rotatable bonds is 5. The first-order chi connectivity index (χ1) is 12.0. The van der Waals surface area contributed by atoms with Crippen molar-refractivity contribution >= 4 is 17.0 Å². The van der Waals surface area contributed by atoms with Gasteiger partial charge in [0.15, 0.2) is 0 Å². The molecule has 0 radical (unpaired) electrons. The normalized spacial score (nSPS) is 11.0. The molecule has 3 N–H and O–H groups in total. The molecule has 0 saturated carbocycles. The van der Waals surface area contributed by atoms with E-state index in [0.717, 1.165) is 6.07 Å². The smallest absolute Gasteiger partial charge is 0.404 e. The number of aromatic amines is 1. The molecular formula is C18H15F3N2O2. The molecule has 0 aliphatic carbocycles. The zero-order valence-corrected chi connectivity index (χ0v) is 13.1. The number of carbonyl (C=O) groups is 1. The molecular weight excluding hydrogens is 333 g/mol. The maximum Gasteiger partial charge on any atom is 0.404 e. The van der Waals surface area contributed by atoms with Crippen molar-refractivity contribution < 1.29 is 23.1 Å². The second-order valence-electron chi connectivity index (χ2n) is 5.63. The molecule has 0 unspecified atom stereocenters. The Labute approximate surface area is 141 Å². The number of aryl methyl sites for hydroxylation is 1. The number of halogens is 3. The fourth-order valence-electron chi connectivity index (χ4n) is 2.86. The number of hydrogen-bond donors (Lipinski definition) is 3. The number of aromatic nitrogens is 1. The largest absolute Gasteiger partial charge is 0.465 e. The van der Waals surface area contributed by atoms with Crippen LogP contribution in [-0.2, 0) is 6.42 Å². The van der Waals surface area contributed by atoms with E-state index in [4.69, 9.17) is 5.11 Å². The SMILES string of the molecule is O=C(O)NCCCc1c(-c2ccc(F)cc2)[nH]c2c(F)cc(F)cc12. The number of hydrogen-bond acceptors (Lipinski definition) is 1. The van der Waals surface area contributed by atoms with Crippen LogP contribution in [0.5, 0.6) is 0 Å². The van der Waals surface area contributed by atoms with Gasteiger partial charge in [0, 0.05) is 23.7 Å². The van der Waals surface area contributed by atoms with Crippen molar-refractivity contribution in [1.29, 1.82) is 0 Å². The summed E-state index contributed by atoms with van der Waals surface area (Å²) in [6, 6.07) is 7.70. The minimum atomic E-state index is -1.13. The number of fused-ring (bicyclic) bond motifs is 1. The highest BCUT2D eigenvalue weighted by atomic mass is 19.1. The lowest BCUT2D eigenvalue weighted by molar-refractivity contribution is 0.194. The van der Waals surface area contributed by atoms with Crippen LogP contribution in [0, 0.1) is 17.5 Å². The van der Waals surface area contributed by atoms with E-state index in [1.54, 1.807) is 12.1 Å². The third-order valence-electron chi connectivity index (χ3n) is 3.94. The Kier molecular flexibility index (Phi) is 4.65. The van der Waals surface area contributed by atoms with Crippen molar-refractivity contribution in [3.8, 4) is 11.3 Å². The Bertz CT molecular complexity index is 920. The van der Waals surface area contributed by atoms with E-state index in [1.807, 2.05) is 0 Å². The first kappa shape index (κ1) is 16.9. The maximum atomic E-state index is 14.1. The van der Waals surface area contributed by atoms with Crippen molar-refractivity contribution in [3.05, 3.63) is 59.4 Å². The van der Waals surface area contributed by atoms with Crippen molar-refractivity contribution in [2.75, 3.05) is 6.54 Å². The van der Waals surface area contributed by atoms with E-state index in [-0.39, 0.29) is 12.1 Å².